The van der Waals surface area contributed by atoms with Gasteiger partial charge in [0.25, 0.3) is 0 Å². The van der Waals surface area contributed by atoms with E-state index < -0.39 is 0 Å². The van der Waals surface area contributed by atoms with Gasteiger partial charge < -0.3 is 14.1 Å². The van der Waals surface area contributed by atoms with Crippen LogP contribution >= 0.6 is 0 Å². The van der Waals surface area contributed by atoms with Crippen LogP contribution in [0.25, 0.3) is 65.4 Å². The first-order chi connectivity index (χ1) is 21.3. The molecule has 0 saturated heterocycles. The standard InChI is InChI=1S/C40H31N3/c1-5-13-37-29(9-1)30-10-2-6-14-38(30)42(37)23-21-27-17-19-35-33(25-27)34-26-28(18-20-36(34)41-35)22-24-43-39-15-7-3-11-31(39)32-12-4-8-16-40(32)43/h1-20,25-26,41H,21-24H2. The van der Waals surface area contributed by atoms with Gasteiger partial charge in [0.05, 0.1) is 0 Å². The van der Waals surface area contributed by atoms with Crippen molar-refractivity contribution in [2.24, 2.45) is 0 Å². The van der Waals surface area contributed by atoms with Crippen LogP contribution in [0.1, 0.15) is 11.1 Å². The highest BCUT2D eigenvalue weighted by Gasteiger charge is 2.12. The van der Waals surface area contributed by atoms with Gasteiger partial charge in [0, 0.05) is 78.5 Å². The van der Waals surface area contributed by atoms with Crippen LogP contribution in [-0.2, 0) is 25.9 Å². The van der Waals surface area contributed by atoms with Crippen LogP contribution in [0.4, 0.5) is 0 Å². The number of aryl methyl sites for hydroxylation is 4. The molecule has 0 spiro atoms. The monoisotopic (exact) mass is 553 g/mol. The first kappa shape index (κ1) is 24.3. The number of rotatable bonds is 6. The van der Waals surface area contributed by atoms with Crippen molar-refractivity contribution in [3.63, 3.8) is 0 Å². The van der Waals surface area contributed by atoms with E-state index in [2.05, 4.69) is 148 Å². The summed E-state index contributed by atoms with van der Waals surface area (Å²) in [5, 5.41) is 7.95. The summed E-state index contributed by atoms with van der Waals surface area (Å²) >= 11 is 0. The Balaban J connectivity index is 1.04. The maximum atomic E-state index is 3.66. The number of H-pyrrole nitrogens is 1. The van der Waals surface area contributed by atoms with Crippen LogP contribution in [0.2, 0.25) is 0 Å². The smallest absolute Gasteiger partial charge is 0.0491 e. The lowest BCUT2D eigenvalue weighted by molar-refractivity contribution is 0.745. The molecule has 0 unspecified atom stereocenters. The highest BCUT2D eigenvalue weighted by molar-refractivity contribution is 6.09. The summed E-state index contributed by atoms with van der Waals surface area (Å²) in [6.07, 6.45) is 1.97. The normalized spacial score (nSPS) is 12.1. The van der Waals surface area contributed by atoms with Crippen molar-refractivity contribution >= 4 is 65.4 Å². The molecule has 0 amide bonds. The molecule has 0 bridgehead atoms. The number of aromatic amines is 1. The molecular weight excluding hydrogens is 522 g/mol. The van der Waals surface area contributed by atoms with Gasteiger partial charge >= 0.3 is 0 Å². The Morgan fingerprint density at radius 2 is 0.721 bits per heavy atom. The predicted molar refractivity (Wildman–Crippen MR) is 182 cm³/mol. The van der Waals surface area contributed by atoms with Gasteiger partial charge in [-0.05, 0) is 72.5 Å². The maximum Gasteiger partial charge on any atom is 0.0491 e. The molecule has 9 aromatic rings. The first-order valence-corrected chi connectivity index (χ1v) is 15.3. The fourth-order valence-electron chi connectivity index (χ4n) is 7.27. The van der Waals surface area contributed by atoms with E-state index in [1.165, 1.54) is 76.5 Å². The van der Waals surface area contributed by atoms with Gasteiger partial charge in [-0.3, -0.25) is 0 Å². The largest absolute Gasteiger partial charge is 0.355 e. The topological polar surface area (TPSA) is 25.6 Å². The number of nitrogens with zero attached hydrogens (tertiary/aromatic N) is 2. The number of hydrogen-bond acceptors (Lipinski definition) is 0. The molecule has 0 aliphatic rings. The molecule has 0 atom stereocenters. The van der Waals surface area contributed by atoms with Crippen molar-refractivity contribution in [2.45, 2.75) is 25.9 Å². The second-order valence-corrected chi connectivity index (χ2v) is 11.8. The van der Waals surface area contributed by atoms with Crippen molar-refractivity contribution in [3.8, 4) is 0 Å². The second-order valence-electron chi connectivity index (χ2n) is 11.8. The van der Waals surface area contributed by atoms with E-state index in [4.69, 9.17) is 0 Å². The predicted octanol–water partition coefficient (Wildman–Crippen LogP) is 10.0. The average molecular weight is 554 g/mol. The van der Waals surface area contributed by atoms with Crippen molar-refractivity contribution in [1.29, 1.82) is 0 Å². The molecule has 6 aromatic carbocycles. The Morgan fingerprint density at radius 3 is 1.09 bits per heavy atom. The Bertz CT molecular complexity index is 2190. The van der Waals surface area contributed by atoms with Gasteiger partial charge in [0.2, 0.25) is 0 Å². The van der Waals surface area contributed by atoms with E-state index in [0.29, 0.717) is 0 Å². The van der Waals surface area contributed by atoms with Crippen LogP contribution < -0.4 is 0 Å². The second kappa shape index (κ2) is 9.64. The average Bonchev–Trinajstić information content (AvgIpc) is 3.70. The van der Waals surface area contributed by atoms with Crippen molar-refractivity contribution in [1.82, 2.24) is 14.1 Å². The number of benzene rings is 6. The molecule has 1 N–H and O–H groups in total. The Morgan fingerprint density at radius 1 is 0.372 bits per heavy atom. The number of aromatic nitrogens is 3. The minimum Gasteiger partial charge on any atom is -0.355 e. The van der Waals surface area contributed by atoms with Gasteiger partial charge in [0.15, 0.2) is 0 Å². The van der Waals surface area contributed by atoms with Crippen LogP contribution in [0, 0.1) is 0 Å². The summed E-state index contributed by atoms with van der Waals surface area (Å²) in [5.74, 6) is 0. The van der Waals surface area contributed by atoms with E-state index in [1.807, 2.05) is 0 Å². The summed E-state index contributed by atoms with van der Waals surface area (Å²) in [6.45, 7) is 1.90. The van der Waals surface area contributed by atoms with Gasteiger partial charge in [-0.1, -0.05) is 84.9 Å². The van der Waals surface area contributed by atoms with E-state index in [-0.39, 0.29) is 0 Å². The Hall–Kier alpha value is -5.28. The van der Waals surface area contributed by atoms with Crippen LogP contribution in [0.5, 0.6) is 0 Å². The molecule has 0 radical (unpaired) electrons. The summed E-state index contributed by atoms with van der Waals surface area (Å²) < 4.78 is 4.97. The minimum absolute atomic E-state index is 0.950. The lowest BCUT2D eigenvalue weighted by Crippen LogP contribution is -2.01. The molecule has 3 aromatic heterocycles. The van der Waals surface area contributed by atoms with E-state index in [0.717, 1.165) is 25.9 Å². The summed E-state index contributed by atoms with van der Waals surface area (Å²) in [6, 6.07) is 49.0. The van der Waals surface area contributed by atoms with Crippen LogP contribution in [-0.4, -0.2) is 14.1 Å². The van der Waals surface area contributed by atoms with Crippen molar-refractivity contribution in [2.75, 3.05) is 0 Å². The molecule has 3 heteroatoms. The quantitative estimate of drug-likeness (QED) is 0.212. The zero-order chi connectivity index (χ0) is 28.3. The van der Waals surface area contributed by atoms with E-state index >= 15 is 0 Å². The van der Waals surface area contributed by atoms with E-state index in [9.17, 15) is 0 Å². The highest BCUT2D eigenvalue weighted by Crippen LogP contribution is 2.32. The van der Waals surface area contributed by atoms with Crippen LogP contribution in [0.15, 0.2) is 133 Å². The molecule has 3 nitrogen and oxygen atoms in total. The molecule has 0 fully saturated rings. The molecular formula is C40H31N3. The summed E-state index contributed by atoms with van der Waals surface area (Å²) in [5.41, 5.74) is 10.4. The van der Waals surface area contributed by atoms with Gasteiger partial charge in [0.1, 0.15) is 0 Å². The number of nitrogens with one attached hydrogen (secondary N) is 1. The minimum atomic E-state index is 0.950. The molecule has 3 heterocycles. The SMILES string of the molecule is c1ccc2c(c1)c1ccccc1n2CCc1ccc2[nH]c3ccc(CCn4c5ccccc5c5ccccc54)cc3c2c1. The van der Waals surface area contributed by atoms with Crippen molar-refractivity contribution < 1.29 is 0 Å². The molecule has 9 rings (SSSR count). The third-order valence-electron chi connectivity index (χ3n) is 9.34. The van der Waals surface area contributed by atoms with E-state index in [1.54, 1.807) is 0 Å². The number of fused-ring (bicyclic) bond motifs is 9. The molecule has 0 aliphatic heterocycles. The lowest BCUT2D eigenvalue weighted by Gasteiger charge is -2.09. The van der Waals surface area contributed by atoms with Crippen LogP contribution in [0.3, 0.4) is 0 Å². The van der Waals surface area contributed by atoms with Gasteiger partial charge in [-0.15, -0.1) is 0 Å². The highest BCUT2D eigenvalue weighted by atomic mass is 15.0. The molecule has 0 aliphatic carbocycles. The molecule has 206 valence electrons. The molecule has 0 saturated carbocycles. The maximum absolute atomic E-state index is 3.66. The fourth-order valence-corrected chi connectivity index (χ4v) is 7.27. The zero-order valence-electron chi connectivity index (χ0n) is 23.9. The fraction of sp³-hybridized carbons (Fsp3) is 0.100. The number of hydrogen-bond donors (Lipinski definition) is 1. The summed E-state index contributed by atoms with van der Waals surface area (Å²) in [4.78, 5) is 3.66. The lowest BCUT2D eigenvalue weighted by atomic mass is 10.0. The third-order valence-corrected chi connectivity index (χ3v) is 9.34. The third kappa shape index (κ3) is 3.89. The summed E-state index contributed by atoms with van der Waals surface area (Å²) in [7, 11) is 0. The molecule has 43 heavy (non-hydrogen) atoms. The Labute approximate surface area is 249 Å². The zero-order valence-corrected chi connectivity index (χ0v) is 23.9. The van der Waals surface area contributed by atoms with Crippen molar-refractivity contribution in [3.05, 3.63) is 145 Å². The first-order valence-electron chi connectivity index (χ1n) is 15.3. The Kier molecular flexibility index (Phi) is 5.45. The van der Waals surface area contributed by atoms with Gasteiger partial charge in [-0.2, -0.15) is 0 Å². The van der Waals surface area contributed by atoms with Gasteiger partial charge in [-0.25, -0.2) is 0 Å². The number of para-hydroxylation sites is 4.